The van der Waals surface area contributed by atoms with Crippen LogP contribution in [-0.2, 0) is 4.79 Å². The van der Waals surface area contributed by atoms with Gasteiger partial charge in [-0.15, -0.1) is 0 Å². The Morgan fingerprint density at radius 1 is 0.275 bits per heavy atom. The van der Waals surface area contributed by atoms with Gasteiger partial charge in [0.05, 0.1) is 13.2 Å². The third-order valence-electron chi connectivity index (χ3n) is 8.52. The van der Waals surface area contributed by atoms with E-state index in [-0.39, 0.29) is 13.2 Å². The summed E-state index contributed by atoms with van der Waals surface area (Å²) in [6, 6.07) is 0. The van der Waals surface area contributed by atoms with Crippen molar-refractivity contribution in [3.05, 3.63) is 0 Å². The van der Waals surface area contributed by atoms with Gasteiger partial charge in [0, 0.05) is 19.8 Å². The number of rotatable bonds is 35. The van der Waals surface area contributed by atoms with Crippen molar-refractivity contribution < 1.29 is 40.5 Å². The average Bonchev–Trinajstić information content (AvgIpc) is 3.15. The molecular formula is C43H94O8. The maximum absolute atomic E-state index is 9.12. The minimum atomic E-state index is -1.19. The van der Waals surface area contributed by atoms with E-state index < -0.39 is 12.6 Å². The predicted molar refractivity (Wildman–Crippen MR) is 220 cm³/mol. The second kappa shape index (κ2) is 67.4. The number of carbonyl (C=O) groups is 1. The van der Waals surface area contributed by atoms with Crippen LogP contribution in [0.2, 0.25) is 0 Å². The minimum absolute atomic E-state index is 0.125. The summed E-state index contributed by atoms with van der Waals surface area (Å²) in [5.74, 6) is -1.19. The second-order valence-electron chi connectivity index (χ2n) is 13.8. The summed E-state index contributed by atoms with van der Waals surface area (Å²) in [5, 5.41) is 56.0. The molecule has 0 saturated carbocycles. The number of hydrogen-bond donors (Lipinski definition) is 7. The third-order valence-corrected chi connectivity index (χ3v) is 8.52. The van der Waals surface area contributed by atoms with Crippen molar-refractivity contribution in [2.75, 3.05) is 39.6 Å². The largest absolute Gasteiger partial charge is 0.480 e. The van der Waals surface area contributed by atoms with Crippen LogP contribution in [-0.4, -0.2) is 81.4 Å². The van der Waals surface area contributed by atoms with E-state index in [9.17, 15) is 0 Å². The van der Waals surface area contributed by atoms with E-state index in [1.165, 1.54) is 193 Å². The molecule has 0 rings (SSSR count). The summed E-state index contributed by atoms with van der Waals surface area (Å²) in [6.45, 7) is 6.88. The zero-order valence-corrected chi connectivity index (χ0v) is 34.6. The molecule has 0 aromatic carbocycles. The molecule has 0 aliphatic heterocycles. The van der Waals surface area contributed by atoms with Gasteiger partial charge < -0.3 is 35.7 Å². The molecule has 51 heavy (non-hydrogen) atoms. The molecule has 8 heteroatoms. The quantitative estimate of drug-likeness (QED) is 0.0316. The highest BCUT2D eigenvalue weighted by atomic mass is 16.4. The molecule has 0 aliphatic carbocycles. The number of unbranched alkanes of at least 4 members (excludes halogenated alkanes) is 30. The predicted octanol–water partition coefficient (Wildman–Crippen LogP) is 10.9. The van der Waals surface area contributed by atoms with Crippen LogP contribution < -0.4 is 0 Å². The Morgan fingerprint density at radius 3 is 0.510 bits per heavy atom. The first-order valence-electron chi connectivity index (χ1n) is 21.8. The lowest BCUT2D eigenvalue weighted by atomic mass is 10.1. The van der Waals surface area contributed by atoms with Gasteiger partial charge in [-0.25, -0.2) is 4.79 Å². The molecule has 0 aliphatic rings. The van der Waals surface area contributed by atoms with Crippen LogP contribution in [0.3, 0.4) is 0 Å². The minimum Gasteiger partial charge on any atom is -0.480 e. The summed E-state index contributed by atoms with van der Waals surface area (Å²) >= 11 is 0. The van der Waals surface area contributed by atoms with E-state index in [1.54, 1.807) is 0 Å². The maximum Gasteiger partial charge on any atom is 0.329 e. The normalized spacial score (nSPS) is 10.1. The van der Waals surface area contributed by atoms with Crippen molar-refractivity contribution in [2.24, 2.45) is 0 Å². The Hall–Kier alpha value is -0.770. The van der Waals surface area contributed by atoms with Crippen LogP contribution in [0.15, 0.2) is 0 Å². The molecule has 0 aromatic heterocycles. The zero-order chi connectivity index (χ0) is 39.2. The van der Waals surface area contributed by atoms with Gasteiger partial charge in [0.1, 0.15) is 6.61 Å². The topological polar surface area (TPSA) is 159 Å². The number of carboxylic acid groups (broad SMARTS) is 1. The Balaban J connectivity index is -0.000000185. The SMILES string of the molecule is CCCCCCCCCCCCCCO.CCCCCCCCCCCCCO.CCCCCCCCCCCCO.O=C(O)CO.OCCO. The van der Waals surface area contributed by atoms with Crippen molar-refractivity contribution >= 4 is 5.97 Å². The van der Waals surface area contributed by atoms with Crippen molar-refractivity contribution in [1.29, 1.82) is 0 Å². The third kappa shape index (κ3) is 88.5. The number of carboxylic acids is 1. The fraction of sp³-hybridized carbons (Fsp3) is 0.977. The molecular weight excluding hydrogens is 644 g/mol. The Labute approximate surface area is 318 Å². The Kier molecular flexibility index (Phi) is 78.6. The number of hydrogen-bond acceptors (Lipinski definition) is 7. The first-order chi connectivity index (χ1) is 24.9. The van der Waals surface area contributed by atoms with Crippen LogP contribution in [0.1, 0.15) is 233 Å². The molecule has 0 heterocycles. The molecule has 0 saturated heterocycles. The fourth-order valence-corrected chi connectivity index (χ4v) is 5.33. The smallest absolute Gasteiger partial charge is 0.329 e. The van der Waals surface area contributed by atoms with Crippen molar-refractivity contribution in [3.63, 3.8) is 0 Å². The van der Waals surface area contributed by atoms with Gasteiger partial charge in [0.15, 0.2) is 0 Å². The molecule has 0 atom stereocenters. The van der Waals surface area contributed by atoms with Crippen LogP contribution >= 0.6 is 0 Å². The van der Waals surface area contributed by atoms with Gasteiger partial charge in [-0.05, 0) is 19.3 Å². The zero-order valence-electron chi connectivity index (χ0n) is 34.6. The van der Waals surface area contributed by atoms with Gasteiger partial charge in [-0.2, -0.15) is 0 Å². The van der Waals surface area contributed by atoms with Crippen molar-refractivity contribution in [3.8, 4) is 0 Å². The molecule has 314 valence electrons. The summed E-state index contributed by atoms with van der Waals surface area (Å²) in [7, 11) is 0. The summed E-state index contributed by atoms with van der Waals surface area (Å²) in [5.41, 5.74) is 0. The van der Waals surface area contributed by atoms with Gasteiger partial charge in [0.25, 0.3) is 0 Å². The molecule has 7 N–H and O–H groups in total. The summed E-state index contributed by atoms with van der Waals surface area (Å²) in [4.78, 5) is 9.12. The van der Waals surface area contributed by atoms with E-state index in [4.69, 9.17) is 40.5 Å². The van der Waals surface area contributed by atoms with E-state index in [0.29, 0.717) is 19.8 Å². The van der Waals surface area contributed by atoms with E-state index in [2.05, 4.69) is 20.8 Å². The standard InChI is InChI=1S/C14H30O.C13H28O.C12H26O.C2H4O3.C2H6O2/c1-2-3-4-5-6-7-8-9-10-11-12-13-14-15;1-2-3-4-5-6-7-8-9-10-11-12-13-14;1-2-3-4-5-6-7-8-9-10-11-12-13;3-1-2(4)5;3-1-2-4/h15H,2-14H2,1H3;14H,2-13H2,1H3;13H,2-12H2,1H3;3H,1H2,(H,4,5);3-4H,1-2H2. The average molecular weight is 739 g/mol. The van der Waals surface area contributed by atoms with Crippen LogP contribution in [0.5, 0.6) is 0 Å². The van der Waals surface area contributed by atoms with Gasteiger partial charge in [-0.3, -0.25) is 0 Å². The molecule has 8 nitrogen and oxygen atoms in total. The Bertz CT molecular complexity index is 486. The van der Waals surface area contributed by atoms with Crippen LogP contribution in [0.25, 0.3) is 0 Å². The number of aliphatic hydroxyl groups excluding tert-OH is 6. The van der Waals surface area contributed by atoms with E-state index >= 15 is 0 Å². The van der Waals surface area contributed by atoms with Crippen LogP contribution in [0, 0.1) is 0 Å². The Morgan fingerprint density at radius 2 is 0.412 bits per heavy atom. The monoisotopic (exact) mass is 739 g/mol. The summed E-state index contributed by atoms with van der Waals surface area (Å²) in [6.07, 6.45) is 44.3. The highest BCUT2D eigenvalue weighted by molar-refractivity contribution is 5.67. The second-order valence-corrected chi connectivity index (χ2v) is 13.8. The highest BCUT2D eigenvalue weighted by Crippen LogP contribution is 2.13. The molecule has 0 bridgehead atoms. The summed E-state index contributed by atoms with van der Waals surface area (Å²) < 4.78 is 0. The molecule has 0 unspecified atom stereocenters. The molecule has 0 spiro atoms. The number of aliphatic carboxylic acids is 1. The fourth-order valence-electron chi connectivity index (χ4n) is 5.33. The van der Waals surface area contributed by atoms with E-state index in [1.807, 2.05) is 0 Å². The molecule has 0 radical (unpaired) electrons. The lowest BCUT2D eigenvalue weighted by Crippen LogP contribution is -1.98. The molecule has 0 amide bonds. The van der Waals surface area contributed by atoms with Crippen molar-refractivity contribution in [2.45, 2.75) is 233 Å². The first-order valence-corrected chi connectivity index (χ1v) is 21.8. The molecule has 0 aromatic rings. The van der Waals surface area contributed by atoms with Gasteiger partial charge in [-0.1, -0.05) is 213 Å². The lowest BCUT2D eigenvalue weighted by molar-refractivity contribution is -0.140. The molecule has 0 fully saturated rings. The first kappa shape index (κ1) is 59.5. The highest BCUT2D eigenvalue weighted by Gasteiger charge is 1.94. The van der Waals surface area contributed by atoms with E-state index in [0.717, 1.165) is 19.3 Å². The lowest BCUT2D eigenvalue weighted by Gasteiger charge is -2.01. The van der Waals surface area contributed by atoms with Gasteiger partial charge in [0.2, 0.25) is 0 Å². The van der Waals surface area contributed by atoms with Crippen molar-refractivity contribution in [1.82, 2.24) is 0 Å². The van der Waals surface area contributed by atoms with Crippen LogP contribution in [0.4, 0.5) is 0 Å². The number of aliphatic hydroxyl groups is 6. The van der Waals surface area contributed by atoms with Gasteiger partial charge >= 0.3 is 5.97 Å². The maximum atomic E-state index is 9.12.